The molecule has 1 saturated heterocycles. The maximum atomic E-state index is 12.3. The molecule has 2 heterocycles. The van der Waals surface area contributed by atoms with E-state index in [1.165, 1.54) is 0 Å². The summed E-state index contributed by atoms with van der Waals surface area (Å²) >= 11 is 1.13. The third-order valence-corrected chi connectivity index (χ3v) is 3.26. The molecule has 0 unspecified atom stereocenters. The van der Waals surface area contributed by atoms with Crippen LogP contribution >= 0.6 is 11.3 Å². The van der Waals surface area contributed by atoms with Gasteiger partial charge in [0.2, 0.25) is 0 Å². The molecule has 0 amide bonds. The van der Waals surface area contributed by atoms with Gasteiger partial charge >= 0.3 is 0 Å². The first-order valence-electron chi connectivity index (χ1n) is 4.58. The van der Waals surface area contributed by atoms with Gasteiger partial charge in [-0.05, 0) is 17.0 Å². The number of thiophene rings is 1. The van der Waals surface area contributed by atoms with Crippen LogP contribution < -0.4 is 10.6 Å². The lowest BCUT2D eigenvalue weighted by atomic mass is 10.1. The fourth-order valence-corrected chi connectivity index (χ4v) is 2.37. The molecule has 1 aliphatic heterocycles. The minimum absolute atomic E-state index is 0.160. The van der Waals surface area contributed by atoms with Gasteiger partial charge in [-0.25, -0.2) is 8.78 Å². The number of nitrogens with one attached hydrogen (secondary N) is 2. The second kappa shape index (κ2) is 4.33. The molecule has 0 saturated carbocycles. The Bertz CT molecular complexity index is 295. The molecule has 2 rings (SSSR count). The van der Waals surface area contributed by atoms with E-state index in [1.54, 1.807) is 6.07 Å². The Hall–Kier alpha value is -0.520. The van der Waals surface area contributed by atoms with E-state index in [-0.39, 0.29) is 10.9 Å². The van der Waals surface area contributed by atoms with Gasteiger partial charge < -0.3 is 10.6 Å². The van der Waals surface area contributed by atoms with E-state index < -0.39 is 6.43 Å². The van der Waals surface area contributed by atoms with Gasteiger partial charge in [0, 0.05) is 25.7 Å². The third kappa shape index (κ3) is 2.10. The molecule has 1 aliphatic rings. The third-order valence-electron chi connectivity index (χ3n) is 2.30. The van der Waals surface area contributed by atoms with E-state index in [4.69, 9.17) is 0 Å². The van der Waals surface area contributed by atoms with Gasteiger partial charge in [-0.3, -0.25) is 0 Å². The fourth-order valence-electron chi connectivity index (χ4n) is 1.55. The van der Waals surface area contributed by atoms with E-state index in [0.717, 1.165) is 36.5 Å². The van der Waals surface area contributed by atoms with Gasteiger partial charge in [0.25, 0.3) is 6.43 Å². The summed E-state index contributed by atoms with van der Waals surface area (Å²) < 4.78 is 24.6. The molecule has 0 aliphatic carbocycles. The standard InChI is InChI=1S/C9H12F2N2S/c10-9(11)8-3-6(5-14-8)7-4-12-1-2-13-7/h3,5,7,9,12-13H,1-2,4H2/t7-/m1/s1. The van der Waals surface area contributed by atoms with Crippen LogP contribution in [0.2, 0.25) is 0 Å². The van der Waals surface area contributed by atoms with E-state index in [0.29, 0.717) is 0 Å². The van der Waals surface area contributed by atoms with Gasteiger partial charge in [0.15, 0.2) is 0 Å². The Balaban J connectivity index is 2.07. The first kappa shape index (κ1) is 10.0. The molecular formula is C9H12F2N2S. The molecule has 0 spiro atoms. The van der Waals surface area contributed by atoms with Crippen LogP contribution in [0, 0.1) is 0 Å². The smallest absolute Gasteiger partial charge is 0.272 e. The quantitative estimate of drug-likeness (QED) is 0.792. The van der Waals surface area contributed by atoms with Gasteiger partial charge in [0.05, 0.1) is 4.88 Å². The Morgan fingerprint density at radius 3 is 2.86 bits per heavy atom. The predicted octanol–water partition coefficient (Wildman–Crippen LogP) is 1.92. The number of hydrogen-bond donors (Lipinski definition) is 2. The topological polar surface area (TPSA) is 24.1 Å². The molecule has 1 aromatic rings. The highest BCUT2D eigenvalue weighted by Gasteiger charge is 2.18. The minimum atomic E-state index is -2.34. The van der Waals surface area contributed by atoms with Crippen molar-refractivity contribution in [2.75, 3.05) is 19.6 Å². The second-order valence-electron chi connectivity index (χ2n) is 3.29. The van der Waals surface area contributed by atoms with Crippen LogP contribution in [0.5, 0.6) is 0 Å². The van der Waals surface area contributed by atoms with Crippen molar-refractivity contribution in [1.29, 1.82) is 0 Å². The van der Waals surface area contributed by atoms with Crippen molar-refractivity contribution in [3.05, 3.63) is 21.9 Å². The van der Waals surface area contributed by atoms with Crippen molar-refractivity contribution in [2.45, 2.75) is 12.5 Å². The summed E-state index contributed by atoms with van der Waals surface area (Å²) in [6.45, 7) is 2.66. The zero-order valence-corrected chi connectivity index (χ0v) is 8.41. The minimum Gasteiger partial charge on any atom is -0.314 e. The molecule has 0 bridgehead atoms. The predicted molar refractivity (Wildman–Crippen MR) is 52.9 cm³/mol. The monoisotopic (exact) mass is 218 g/mol. The summed E-state index contributed by atoms with van der Waals surface area (Å²) in [5.41, 5.74) is 0.970. The van der Waals surface area contributed by atoms with Crippen LogP contribution in [0.15, 0.2) is 11.4 Å². The lowest BCUT2D eigenvalue weighted by molar-refractivity contribution is 0.155. The van der Waals surface area contributed by atoms with Crippen LogP contribution in [0.1, 0.15) is 22.9 Å². The summed E-state index contributed by atoms with van der Waals surface area (Å²) in [6, 6.07) is 1.78. The molecule has 1 atom stereocenters. The van der Waals surface area contributed by atoms with E-state index >= 15 is 0 Å². The van der Waals surface area contributed by atoms with Gasteiger partial charge in [-0.15, -0.1) is 11.3 Å². The Labute approximate surface area is 85.3 Å². The van der Waals surface area contributed by atoms with Crippen molar-refractivity contribution >= 4 is 11.3 Å². The maximum Gasteiger partial charge on any atom is 0.272 e. The molecule has 14 heavy (non-hydrogen) atoms. The van der Waals surface area contributed by atoms with Crippen molar-refractivity contribution in [1.82, 2.24) is 10.6 Å². The summed E-state index contributed by atoms with van der Waals surface area (Å²) in [4.78, 5) is 0.160. The first-order valence-corrected chi connectivity index (χ1v) is 5.46. The Morgan fingerprint density at radius 2 is 2.29 bits per heavy atom. The van der Waals surface area contributed by atoms with Crippen LogP contribution in [0.3, 0.4) is 0 Å². The largest absolute Gasteiger partial charge is 0.314 e. The highest BCUT2D eigenvalue weighted by atomic mass is 32.1. The summed E-state index contributed by atoms with van der Waals surface area (Å²) in [5.74, 6) is 0. The average molecular weight is 218 g/mol. The first-order chi connectivity index (χ1) is 6.77. The molecule has 0 aromatic carbocycles. The number of hydrogen-bond acceptors (Lipinski definition) is 3. The highest BCUT2D eigenvalue weighted by molar-refractivity contribution is 7.10. The van der Waals surface area contributed by atoms with E-state index in [9.17, 15) is 8.78 Å². The van der Waals surface area contributed by atoms with Crippen LogP contribution in [0.4, 0.5) is 8.78 Å². The van der Waals surface area contributed by atoms with Crippen molar-refractivity contribution in [3.63, 3.8) is 0 Å². The van der Waals surface area contributed by atoms with Gasteiger partial charge in [-0.2, -0.15) is 0 Å². The molecule has 78 valence electrons. The number of rotatable bonds is 2. The van der Waals surface area contributed by atoms with Crippen molar-refractivity contribution in [2.24, 2.45) is 0 Å². The van der Waals surface area contributed by atoms with Crippen LogP contribution in [-0.2, 0) is 0 Å². The lowest BCUT2D eigenvalue weighted by Crippen LogP contribution is -2.42. The van der Waals surface area contributed by atoms with E-state index in [1.807, 2.05) is 5.38 Å². The lowest BCUT2D eigenvalue weighted by Gasteiger charge is -2.23. The molecule has 1 aromatic heterocycles. The maximum absolute atomic E-state index is 12.3. The Kier molecular flexibility index (Phi) is 3.10. The van der Waals surface area contributed by atoms with E-state index in [2.05, 4.69) is 10.6 Å². The van der Waals surface area contributed by atoms with Crippen LogP contribution in [0.25, 0.3) is 0 Å². The summed E-state index contributed by atoms with van der Waals surface area (Å²) in [7, 11) is 0. The fraction of sp³-hybridized carbons (Fsp3) is 0.556. The highest BCUT2D eigenvalue weighted by Crippen LogP contribution is 2.28. The zero-order chi connectivity index (χ0) is 9.97. The number of alkyl halides is 2. The Morgan fingerprint density at radius 1 is 1.43 bits per heavy atom. The van der Waals surface area contributed by atoms with Gasteiger partial charge in [-0.1, -0.05) is 0 Å². The summed E-state index contributed by atoms with van der Waals surface area (Å²) in [6.07, 6.45) is -2.34. The molecular weight excluding hydrogens is 206 g/mol. The number of halogens is 2. The molecule has 2 nitrogen and oxygen atoms in total. The molecule has 5 heteroatoms. The van der Waals surface area contributed by atoms with Crippen molar-refractivity contribution < 1.29 is 8.78 Å². The molecule has 0 radical (unpaired) electrons. The van der Waals surface area contributed by atoms with Gasteiger partial charge in [0.1, 0.15) is 0 Å². The van der Waals surface area contributed by atoms with Crippen LogP contribution in [-0.4, -0.2) is 19.6 Å². The normalized spacial score (nSPS) is 22.9. The van der Waals surface area contributed by atoms with Crippen molar-refractivity contribution in [3.8, 4) is 0 Å². The SMILES string of the molecule is FC(F)c1cc([C@H]2CNCCN2)cs1. The molecule has 1 fully saturated rings. The summed E-state index contributed by atoms with van der Waals surface area (Å²) in [5, 5.41) is 8.32. The number of piperazine rings is 1. The second-order valence-corrected chi connectivity index (χ2v) is 4.24. The zero-order valence-electron chi connectivity index (χ0n) is 7.59. The average Bonchev–Trinajstić information content (AvgIpc) is 2.68. The molecule has 2 N–H and O–H groups in total.